The molecule has 0 aliphatic heterocycles. The Kier molecular flexibility index (Phi) is 4.07. The van der Waals surface area contributed by atoms with E-state index < -0.39 is 4.92 Å². The van der Waals surface area contributed by atoms with Gasteiger partial charge in [0.25, 0.3) is 5.69 Å². The third kappa shape index (κ3) is 3.72. The molecule has 2 aromatic rings. The van der Waals surface area contributed by atoms with Crippen LogP contribution in [0.3, 0.4) is 0 Å². The Balaban J connectivity index is 2.12. The third-order valence-corrected chi connectivity index (χ3v) is 2.58. The highest BCUT2D eigenvalue weighted by atomic mass is 16.6. The van der Waals surface area contributed by atoms with Crippen molar-refractivity contribution in [2.75, 3.05) is 5.43 Å². The zero-order chi connectivity index (χ0) is 15.4. The number of nitrogens with zero attached hydrogens (tertiary/aromatic N) is 4. The molecule has 1 aromatic carbocycles. The maximum Gasteiger partial charge on any atom is 0.273 e. The van der Waals surface area contributed by atoms with Crippen LogP contribution < -0.4 is 5.43 Å². The highest BCUT2D eigenvalue weighted by molar-refractivity contribution is 5.84. The molecule has 0 aliphatic carbocycles. The minimum absolute atomic E-state index is 0.185. The number of aromatic nitrogens is 2. The van der Waals surface area contributed by atoms with Gasteiger partial charge in [-0.05, 0) is 26.0 Å². The van der Waals surface area contributed by atoms with E-state index in [-0.39, 0.29) is 11.4 Å². The van der Waals surface area contributed by atoms with Gasteiger partial charge in [0.1, 0.15) is 5.75 Å². The second-order valence-corrected chi connectivity index (χ2v) is 4.34. The van der Waals surface area contributed by atoms with Crippen LogP contribution in [0.2, 0.25) is 0 Å². The molecule has 108 valence electrons. The van der Waals surface area contributed by atoms with E-state index in [1.807, 2.05) is 19.9 Å². The average molecular weight is 287 g/mol. The van der Waals surface area contributed by atoms with Crippen LogP contribution in [0.4, 0.5) is 11.6 Å². The number of phenolic OH excluding ortho intramolecular Hbond substituents is 1. The molecule has 1 heterocycles. The van der Waals surface area contributed by atoms with E-state index >= 15 is 0 Å². The molecule has 0 bridgehead atoms. The quantitative estimate of drug-likeness (QED) is 0.506. The van der Waals surface area contributed by atoms with Crippen LogP contribution in [0.1, 0.15) is 17.0 Å². The molecule has 21 heavy (non-hydrogen) atoms. The number of rotatable bonds is 4. The Morgan fingerprint density at radius 2 is 1.95 bits per heavy atom. The summed E-state index contributed by atoms with van der Waals surface area (Å²) in [5, 5.41) is 24.1. The number of aryl methyl sites for hydroxylation is 2. The Labute approximate surface area is 120 Å². The second-order valence-electron chi connectivity index (χ2n) is 4.34. The molecule has 8 heteroatoms. The van der Waals surface area contributed by atoms with Crippen LogP contribution in [0.15, 0.2) is 29.4 Å². The summed E-state index contributed by atoms with van der Waals surface area (Å²) in [6.07, 6.45) is 1.33. The monoisotopic (exact) mass is 287 g/mol. The summed E-state index contributed by atoms with van der Waals surface area (Å²) in [5.74, 6) is 0.112. The van der Waals surface area contributed by atoms with Crippen molar-refractivity contribution in [3.05, 3.63) is 51.3 Å². The molecular formula is C13H13N5O3. The molecule has 0 unspecified atom stereocenters. The van der Waals surface area contributed by atoms with Gasteiger partial charge in [-0.1, -0.05) is 0 Å². The predicted octanol–water partition coefficient (Wildman–Crippen LogP) is 2.15. The van der Waals surface area contributed by atoms with Crippen molar-refractivity contribution in [3.8, 4) is 5.75 Å². The number of hydrogen-bond acceptors (Lipinski definition) is 7. The van der Waals surface area contributed by atoms with Crippen molar-refractivity contribution in [1.82, 2.24) is 9.97 Å². The number of aromatic hydroxyl groups is 1. The lowest BCUT2D eigenvalue weighted by Gasteiger charge is -2.02. The van der Waals surface area contributed by atoms with Gasteiger partial charge in [-0.15, -0.1) is 0 Å². The summed E-state index contributed by atoms with van der Waals surface area (Å²) >= 11 is 0. The summed E-state index contributed by atoms with van der Waals surface area (Å²) in [5.41, 5.74) is 4.41. The zero-order valence-corrected chi connectivity index (χ0v) is 11.4. The number of nitro groups is 1. The molecule has 0 aliphatic rings. The molecule has 2 N–H and O–H groups in total. The van der Waals surface area contributed by atoms with Crippen LogP contribution in [0.5, 0.6) is 5.75 Å². The molecule has 0 amide bonds. The van der Waals surface area contributed by atoms with Gasteiger partial charge in [0, 0.05) is 23.0 Å². The van der Waals surface area contributed by atoms with Crippen LogP contribution >= 0.6 is 0 Å². The van der Waals surface area contributed by atoms with E-state index in [1.54, 1.807) is 0 Å². The maximum absolute atomic E-state index is 10.6. The molecule has 0 fully saturated rings. The molecule has 8 nitrogen and oxygen atoms in total. The number of anilines is 1. The summed E-state index contributed by atoms with van der Waals surface area (Å²) < 4.78 is 0. The predicted molar refractivity (Wildman–Crippen MR) is 77.5 cm³/mol. The molecule has 0 spiro atoms. The number of phenols is 1. The summed E-state index contributed by atoms with van der Waals surface area (Å²) in [6.45, 7) is 3.68. The van der Waals surface area contributed by atoms with Crippen molar-refractivity contribution in [2.45, 2.75) is 13.8 Å². The lowest BCUT2D eigenvalue weighted by atomic mass is 10.2. The minimum Gasteiger partial charge on any atom is -0.507 e. The maximum atomic E-state index is 10.6. The Bertz CT molecular complexity index is 695. The normalized spacial score (nSPS) is 10.8. The summed E-state index contributed by atoms with van der Waals surface area (Å²) in [7, 11) is 0. The first-order valence-electron chi connectivity index (χ1n) is 6.04. The smallest absolute Gasteiger partial charge is 0.273 e. The molecular weight excluding hydrogens is 274 g/mol. The van der Waals surface area contributed by atoms with E-state index in [2.05, 4.69) is 20.5 Å². The van der Waals surface area contributed by atoms with E-state index in [1.165, 1.54) is 18.3 Å². The van der Waals surface area contributed by atoms with Crippen molar-refractivity contribution in [3.63, 3.8) is 0 Å². The van der Waals surface area contributed by atoms with Crippen LogP contribution in [-0.2, 0) is 0 Å². The fourth-order valence-corrected chi connectivity index (χ4v) is 1.69. The molecule has 2 rings (SSSR count). The summed E-state index contributed by atoms with van der Waals surface area (Å²) in [4.78, 5) is 18.3. The Morgan fingerprint density at radius 3 is 2.52 bits per heavy atom. The standard InChI is InChI=1S/C13H13N5O3/c1-8-5-9(2)16-13(15-8)17-14-7-10-3-4-11(18(20)21)6-12(10)19/h3-7,19H,1-2H3,(H,15,16,17)/b14-7-. The van der Waals surface area contributed by atoms with E-state index in [4.69, 9.17) is 0 Å². The average Bonchev–Trinajstić information content (AvgIpc) is 2.39. The SMILES string of the molecule is Cc1cc(C)nc(N/N=C\c2ccc([N+](=O)[O-])cc2O)n1. The van der Waals surface area contributed by atoms with Gasteiger partial charge >= 0.3 is 0 Å². The van der Waals surface area contributed by atoms with Gasteiger partial charge in [0.2, 0.25) is 5.95 Å². The summed E-state index contributed by atoms with van der Waals surface area (Å²) in [6, 6.07) is 5.58. The number of nitro benzene ring substituents is 1. The number of hydrazone groups is 1. The molecule has 0 radical (unpaired) electrons. The van der Waals surface area contributed by atoms with E-state index in [0.29, 0.717) is 11.5 Å². The molecule has 0 atom stereocenters. The molecule has 0 saturated carbocycles. The number of hydrogen-bond donors (Lipinski definition) is 2. The fourth-order valence-electron chi connectivity index (χ4n) is 1.69. The first kappa shape index (κ1) is 14.4. The molecule has 1 aromatic heterocycles. The van der Waals surface area contributed by atoms with Gasteiger partial charge in [0.05, 0.1) is 17.2 Å². The van der Waals surface area contributed by atoms with Gasteiger partial charge < -0.3 is 5.11 Å². The fraction of sp³-hybridized carbons (Fsp3) is 0.154. The minimum atomic E-state index is -0.581. The third-order valence-electron chi connectivity index (χ3n) is 2.58. The highest BCUT2D eigenvalue weighted by Crippen LogP contribution is 2.21. The van der Waals surface area contributed by atoms with Crippen molar-refractivity contribution < 1.29 is 10.0 Å². The van der Waals surface area contributed by atoms with Crippen molar-refractivity contribution in [1.29, 1.82) is 0 Å². The Morgan fingerprint density at radius 1 is 1.29 bits per heavy atom. The number of nitrogens with one attached hydrogen (secondary N) is 1. The first-order chi connectivity index (χ1) is 9.95. The van der Waals surface area contributed by atoms with Crippen LogP contribution in [-0.4, -0.2) is 26.2 Å². The zero-order valence-electron chi connectivity index (χ0n) is 11.4. The largest absolute Gasteiger partial charge is 0.507 e. The molecule has 0 saturated heterocycles. The highest BCUT2D eigenvalue weighted by Gasteiger charge is 2.08. The number of benzene rings is 1. The van der Waals surface area contributed by atoms with Gasteiger partial charge in [-0.25, -0.2) is 15.4 Å². The van der Waals surface area contributed by atoms with E-state index in [0.717, 1.165) is 17.5 Å². The second kappa shape index (κ2) is 5.95. The lowest BCUT2D eigenvalue weighted by Crippen LogP contribution is -1.99. The van der Waals surface area contributed by atoms with Gasteiger partial charge in [0.15, 0.2) is 0 Å². The van der Waals surface area contributed by atoms with E-state index in [9.17, 15) is 15.2 Å². The van der Waals surface area contributed by atoms with Crippen LogP contribution in [0.25, 0.3) is 0 Å². The first-order valence-corrected chi connectivity index (χ1v) is 6.04. The topological polar surface area (TPSA) is 114 Å². The van der Waals surface area contributed by atoms with Crippen molar-refractivity contribution in [2.24, 2.45) is 5.10 Å². The van der Waals surface area contributed by atoms with Gasteiger partial charge in [-0.2, -0.15) is 5.10 Å². The van der Waals surface area contributed by atoms with Crippen LogP contribution in [0, 0.1) is 24.0 Å². The number of non-ortho nitro benzene ring substituents is 1. The lowest BCUT2D eigenvalue weighted by molar-refractivity contribution is -0.384. The van der Waals surface area contributed by atoms with Gasteiger partial charge in [-0.3, -0.25) is 10.1 Å². The van der Waals surface area contributed by atoms with Crippen molar-refractivity contribution >= 4 is 17.9 Å². The Hall–Kier alpha value is -3.03.